The number of esters is 1. The van der Waals surface area contributed by atoms with E-state index in [-0.39, 0.29) is 5.91 Å². The standard InChI is InChI=1S/C14H16N2O3/c1-15-8-6-9(12(17)19-2)11-10(7-8)14(4-3-5-14)13(18)16-11/h6-7,15H,3-5H2,1-2H3,(H,16,18). The smallest absolute Gasteiger partial charge is 0.340 e. The van der Waals surface area contributed by atoms with Gasteiger partial charge in [-0.15, -0.1) is 0 Å². The first-order chi connectivity index (χ1) is 9.12. The van der Waals surface area contributed by atoms with Crippen molar-refractivity contribution < 1.29 is 14.3 Å². The number of anilines is 2. The molecule has 0 saturated heterocycles. The summed E-state index contributed by atoms with van der Waals surface area (Å²) >= 11 is 0. The summed E-state index contributed by atoms with van der Waals surface area (Å²) in [7, 11) is 3.14. The van der Waals surface area contributed by atoms with Crippen LogP contribution in [-0.4, -0.2) is 26.0 Å². The van der Waals surface area contributed by atoms with E-state index in [9.17, 15) is 9.59 Å². The highest BCUT2D eigenvalue weighted by Crippen LogP contribution is 2.52. The molecule has 2 N–H and O–H groups in total. The average molecular weight is 260 g/mol. The van der Waals surface area contributed by atoms with Crippen molar-refractivity contribution in [3.8, 4) is 0 Å². The minimum absolute atomic E-state index is 0.00663. The van der Waals surface area contributed by atoms with Crippen LogP contribution in [-0.2, 0) is 14.9 Å². The number of hydrogen-bond donors (Lipinski definition) is 2. The number of hydrogen-bond acceptors (Lipinski definition) is 4. The quantitative estimate of drug-likeness (QED) is 0.797. The molecule has 1 spiro atoms. The van der Waals surface area contributed by atoms with Crippen molar-refractivity contribution in [1.82, 2.24) is 0 Å². The first-order valence-corrected chi connectivity index (χ1v) is 6.38. The Labute approximate surface area is 111 Å². The fraction of sp³-hybridized carbons (Fsp3) is 0.429. The van der Waals surface area contributed by atoms with E-state index < -0.39 is 11.4 Å². The van der Waals surface area contributed by atoms with Gasteiger partial charge in [-0.2, -0.15) is 0 Å². The molecular formula is C14H16N2O3. The van der Waals surface area contributed by atoms with Crippen molar-refractivity contribution in [2.45, 2.75) is 24.7 Å². The van der Waals surface area contributed by atoms with Gasteiger partial charge in [-0.25, -0.2) is 4.79 Å². The van der Waals surface area contributed by atoms with Gasteiger partial charge in [0.25, 0.3) is 0 Å². The third kappa shape index (κ3) is 1.47. The molecule has 1 fully saturated rings. The van der Waals surface area contributed by atoms with Gasteiger partial charge in [-0.05, 0) is 30.5 Å². The largest absolute Gasteiger partial charge is 0.465 e. The summed E-state index contributed by atoms with van der Waals surface area (Å²) in [5.41, 5.74) is 2.36. The number of amides is 1. The van der Waals surface area contributed by atoms with E-state index in [0.29, 0.717) is 11.3 Å². The number of fused-ring (bicyclic) bond motifs is 2. The van der Waals surface area contributed by atoms with Crippen LogP contribution in [0.1, 0.15) is 35.2 Å². The molecule has 1 aliphatic carbocycles. The summed E-state index contributed by atoms with van der Waals surface area (Å²) in [6.45, 7) is 0. The van der Waals surface area contributed by atoms with Crippen molar-refractivity contribution in [2.24, 2.45) is 0 Å². The number of benzene rings is 1. The lowest BCUT2D eigenvalue weighted by Gasteiger charge is -2.36. The molecule has 3 rings (SSSR count). The molecule has 1 aromatic rings. The highest BCUT2D eigenvalue weighted by Gasteiger charge is 2.52. The normalized spacial score (nSPS) is 18.5. The van der Waals surface area contributed by atoms with Gasteiger partial charge in [0.2, 0.25) is 5.91 Å². The van der Waals surface area contributed by atoms with Gasteiger partial charge in [-0.1, -0.05) is 6.42 Å². The number of ether oxygens (including phenoxy) is 1. The van der Waals surface area contributed by atoms with Crippen LogP contribution < -0.4 is 10.6 Å². The van der Waals surface area contributed by atoms with E-state index in [4.69, 9.17) is 4.74 Å². The fourth-order valence-electron chi connectivity index (χ4n) is 2.95. The van der Waals surface area contributed by atoms with Crippen LogP contribution in [0.5, 0.6) is 0 Å². The molecule has 1 amide bonds. The number of nitrogens with one attached hydrogen (secondary N) is 2. The summed E-state index contributed by atoms with van der Waals surface area (Å²) in [5, 5.41) is 5.89. The molecule has 1 saturated carbocycles. The average Bonchev–Trinajstić information content (AvgIpc) is 2.68. The molecule has 100 valence electrons. The number of methoxy groups -OCH3 is 1. The molecule has 19 heavy (non-hydrogen) atoms. The molecule has 5 heteroatoms. The van der Waals surface area contributed by atoms with Crippen molar-refractivity contribution in [2.75, 3.05) is 24.8 Å². The zero-order chi connectivity index (χ0) is 13.6. The Kier molecular flexibility index (Phi) is 2.52. The number of rotatable bonds is 2. The second kappa shape index (κ2) is 3.98. The molecule has 0 bridgehead atoms. The lowest BCUT2D eigenvalue weighted by molar-refractivity contribution is -0.123. The lowest BCUT2D eigenvalue weighted by atomic mass is 9.65. The maximum atomic E-state index is 12.2. The Bertz CT molecular complexity index is 576. The summed E-state index contributed by atoms with van der Waals surface area (Å²) in [6, 6.07) is 3.67. The summed E-state index contributed by atoms with van der Waals surface area (Å²) < 4.78 is 4.80. The molecule has 1 aliphatic heterocycles. The SMILES string of the molecule is CNc1cc(C(=O)OC)c2c(c1)C1(CCC1)C(=O)N2. The lowest BCUT2D eigenvalue weighted by Crippen LogP contribution is -2.40. The van der Waals surface area contributed by atoms with Gasteiger partial charge in [-0.3, -0.25) is 4.79 Å². The van der Waals surface area contributed by atoms with Crippen LogP contribution in [0.25, 0.3) is 0 Å². The maximum absolute atomic E-state index is 12.2. The summed E-state index contributed by atoms with van der Waals surface area (Å²) in [6.07, 6.45) is 2.74. The number of carbonyl (C=O) groups is 2. The molecule has 0 radical (unpaired) electrons. The summed E-state index contributed by atoms with van der Waals surface area (Å²) in [4.78, 5) is 24.1. The Morgan fingerprint density at radius 2 is 2.16 bits per heavy atom. The van der Waals surface area contributed by atoms with Gasteiger partial charge in [0.1, 0.15) is 0 Å². The molecule has 5 nitrogen and oxygen atoms in total. The third-order valence-electron chi connectivity index (χ3n) is 4.23. The Balaban J connectivity index is 2.20. The minimum atomic E-state index is -0.426. The van der Waals surface area contributed by atoms with Crippen molar-refractivity contribution in [3.63, 3.8) is 0 Å². The van der Waals surface area contributed by atoms with Gasteiger partial charge in [0.05, 0.1) is 23.8 Å². The maximum Gasteiger partial charge on any atom is 0.340 e. The van der Waals surface area contributed by atoms with Crippen molar-refractivity contribution >= 4 is 23.3 Å². The van der Waals surface area contributed by atoms with E-state index in [1.807, 2.05) is 6.07 Å². The highest BCUT2D eigenvalue weighted by molar-refractivity contribution is 6.12. The molecule has 1 heterocycles. The zero-order valence-electron chi connectivity index (χ0n) is 11.0. The predicted molar refractivity (Wildman–Crippen MR) is 71.5 cm³/mol. The van der Waals surface area contributed by atoms with E-state index in [2.05, 4.69) is 10.6 Å². The first-order valence-electron chi connectivity index (χ1n) is 6.38. The Hall–Kier alpha value is -2.04. The predicted octanol–water partition coefficient (Wildman–Crippen LogP) is 1.89. The van der Waals surface area contributed by atoms with Gasteiger partial charge in [0.15, 0.2) is 0 Å². The molecule has 0 aromatic heterocycles. The molecule has 2 aliphatic rings. The topological polar surface area (TPSA) is 67.4 Å². The monoisotopic (exact) mass is 260 g/mol. The van der Waals surface area contributed by atoms with Crippen molar-refractivity contribution in [3.05, 3.63) is 23.3 Å². The van der Waals surface area contributed by atoms with Crippen LogP contribution in [0, 0.1) is 0 Å². The number of carbonyl (C=O) groups excluding carboxylic acids is 2. The van der Waals surface area contributed by atoms with E-state index >= 15 is 0 Å². The third-order valence-corrected chi connectivity index (χ3v) is 4.23. The van der Waals surface area contributed by atoms with Crippen LogP contribution in [0.3, 0.4) is 0 Å². The second-order valence-corrected chi connectivity index (χ2v) is 5.08. The highest BCUT2D eigenvalue weighted by atomic mass is 16.5. The summed E-state index contributed by atoms with van der Waals surface area (Å²) in [5.74, 6) is -0.419. The van der Waals surface area contributed by atoms with Crippen molar-refractivity contribution in [1.29, 1.82) is 0 Å². The van der Waals surface area contributed by atoms with Crippen LogP contribution in [0.15, 0.2) is 12.1 Å². The van der Waals surface area contributed by atoms with E-state index in [1.54, 1.807) is 13.1 Å². The molecule has 0 atom stereocenters. The van der Waals surface area contributed by atoms with E-state index in [1.165, 1.54) is 7.11 Å². The first kappa shape index (κ1) is 12.0. The Morgan fingerprint density at radius 1 is 1.42 bits per heavy atom. The minimum Gasteiger partial charge on any atom is -0.465 e. The zero-order valence-corrected chi connectivity index (χ0v) is 11.0. The van der Waals surface area contributed by atoms with Gasteiger partial charge < -0.3 is 15.4 Å². The fourth-order valence-corrected chi connectivity index (χ4v) is 2.95. The van der Waals surface area contributed by atoms with Gasteiger partial charge in [0, 0.05) is 12.7 Å². The van der Waals surface area contributed by atoms with Crippen LogP contribution >= 0.6 is 0 Å². The van der Waals surface area contributed by atoms with E-state index in [0.717, 1.165) is 30.5 Å². The Morgan fingerprint density at radius 3 is 2.68 bits per heavy atom. The molecule has 0 unspecified atom stereocenters. The molecular weight excluding hydrogens is 244 g/mol. The molecule has 1 aromatic carbocycles. The van der Waals surface area contributed by atoms with Gasteiger partial charge >= 0.3 is 5.97 Å². The van der Waals surface area contributed by atoms with Crippen LogP contribution in [0.2, 0.25) is 0 Å². The second-order valence-electron chi connectivity index (χ2n) is 5.08. The van der Waals surface area contributed by atoms with Crippen LogP contribution in [0.4, 0.5) is 11.4 Å².